The molecule has 0 bridgehead atoms. The van der Waals surface area contributed by atoms with E-state index < -0.39 is 97.5 Å². The highest BCUT2D eigenvalue weighted by Gasteiger charge is 2.30. The molecule has 2 unspecified atom stereocenters. The fourth-order valence-corrected chi connectivity index (χ4v) is 12.3. The Labute approximate surface area is 543 Å². The van der Waals surface area contributed by atoms with Gasteiger partial charge in [-0.1, -0.05) is 317 Å². The molecule has 0 fully saturated rings. The summed E-state index contributed by atoms with van der Waals surface area (Å²) < 4.78 is 68.1. The van der Waals surface area contributed by atoms with Gasteiger partial charge >= 0.3 is 39.5 Å². The number of aliphatic hydroxyl groups excluding tert-OH is 1. The van der Waals surface area contributed by atoms with Crippen molar-refractivity contribution in [2.24, 2.45) is 0 Å². The average molecular weight is 1310 g/mol. The minimum atomic E-state index is -4.95. The first-order chi connectivity index (χ1) is 43.2. The van der Waals surface area contributed by atoms with Crippen LogP contribution in [0.4, 0.5) is 0 Å². The molecule has 0 aliphatic carbocycles. The Morgan fingerprint density at radius 3 is 0.663 bits per heavy atom. The number of ether oxygens (including phenoxy) is 4. The van der Waals surface area contributed by atoms with Crippen molar-refractivity contribution in [3.63, 3.8) is 0 Å². The van der Waals surface area contributed by atoms with Gasteiger partial charge in [-0.15, -0.1) is 0 Å². The maximum Gasteiger partial charge on any atom is 0.472 e. The van der Waals surface area contributed by atoms with Gasteiger partial charge in [0.25, 0.3) is 0 Å². The maximum absolute atomic E-state index is 13.0. The van der Waals surface area contributed by atoms with Gasteiger partial charge in [0, 0.05) is 25.7 Å². The number of rotatable bonds is 71. The molecule has 0 aromatic carbocycles. The van der Waals surface area contributed by atoms with E-state index in [2.05, 4.69) is 27.7 Å². The first kappa shape index (κ1) is 87.1. The smallest absolute Gasteiger partial charge is 0.462 e. The topological polar surface area (TPSA) is 237 Å². The Morgan fingerprint density at radius 1 is 0.270 bits per heavy atom. The van der Waals surface area contributed by atoms with E-state index in [1.165, 1.54) is 186 Å². The van der Waals surface area contributed by atoms with Crippen molar-refractivity contribution < 1.29 is 80.2 Å². The number of carbonyl (C=O) groups excluding carboxylic acids is 4. The Hall–Kier alpha value is -1.94. The van der Waals surface area contributed by atoms with E-state index in [1.807, 2.05) is 0 Å². The van der Waals surface area contributed by atoms with Gasteiger partial charge in [-0.3, -0.25) is 37.3 Å². The summed E-state index contributed by atoms with van der Waals surface area (Å²) in [5.41, 5.74) is 0. The first-order valence-corrected chi connectivity index (χ1v) is 39.8. The zero-order valence-electron chi connectivity index (χ0n) is 57.4. The molecule has 0 aromatic rings. The Balaban J connectivity index is 5.14. The minimum absolute atomic E-state index is 0.107. The summed E-state index contributed by atoms with van der Waals surface area (Å²) in [5, 5.41) is 10.6. The Morgan fingerprint density at radius 2 is 0.449 bits per heavy atom. The highest BCUT2D eigenvalue weighted by atomic mass is 31.2. The second-order valence-electron chi connectivity index (χ2n) is 25.3. The van der Waals surface area contributed by atoms with Crippen LogP contribution in [0.25, 0.3) is 0 Å². The molecule has 0 heterocycles. The van der Waals surface area contributed by atoms with Crippen LogP contribution >= 0.6 is 15.6 Å². The number of carbonyl (C=O) groups is 4. The second-order valence-corrected chi connectivity index (χ2v) is 28.2. The second kappa shape index (κ2) is 64.8. The third kappa shape index (κ3) is 64.6. The predicted molar refractivity (Wildman–Crippen MR) is 359 cm³/mol. The van der Waals surface area contributed by atoms with Gasteiger partial charge in [0.1, 0.15) is 19.3 Å². The maximum atomic E-state index is 13.0. The molecule has 0 aliphatic heterocycles. The molecule has 17 nitrogen and oxygen atoms in total. The molecule has 528 valence electrons. The normalized spacial score (nSPS) is 14.0. The van der Waals surface area contributed by atoms with Crippen molar-refractivity contribution in [3.05, 3.63) is 0 Å². The van der Waals surface area contributed by atoms with Crippen LogP contribution in [0.15, 0.2) is 0 Å². The van der Waals surface area contributed by atoms with Crippen molar-refractivity contribution >= 4 is 39.5 Å². The van der Waals surface area contributed by atoms with Crippen molar-refractivity contribution in [1.29, 1.82) is 0 Å². The summed E-state index contributed by atoms with van der Waals surface area (Å²) in [6, 6.07) is 0. The molecule has 0 radical (unpaired) electrons. The summed E-state index contributed by atoms with van der Waals surface area (Å²) in [7, 11) is -9.89. The van der Waals surface area contributed by atoms with Gasteiger partial charge < -0.3 is 33.8 Å². The standard InChI is InChI=1S/C70H136O17P2/c1-5-9-13-17-21-24-27-28-29-30-31-32-33-34-35-38-41-45-49-53-57-70(75)87-66(61-81-68(73)55-51-47-43-39-36-25-22-18-14-10-6-2)63-85-89(78,79)83-59-64(71)58-82-88(76,77)84-62-65(60-80-67(72)54-50-46-42-20-16-12-8-4)86-69(74)56-52-48-44-40-37-26-23-19-15-11-7-3/h64-66,71H,5-63H2,1-4H3,(H,76,77)(H,78,79)/t64-,65+,66+/m0/s1. The van der Waals surface area contributed by atoms with Crippen molar-refractivity contribution in [2.75, 3.05) is 39.6 Å². The molecular weight excluding hydrogens is 1170 g/mol. The molecule has 0 aromatic heterocycles. The predicted octanol–water partition coefficient (Wildman–Crippen LogP) is 20.3. The van der Waals surface area contributed by atoms with E-state index in [0.29, 0.717) is 25.7 Å². The van der Waals surface area contributed by atoms with E-state index in [0.717, 1.165) is 103 Å². The van der Waals surface area contributed by atoms with Gasteiger partial charge in [-0.25, -0.2) is 9.13 Å². The number of hydrogen-bond acceptors (Lipinski definition) is 15. The fraction of sp³-hybridized carbons (Fsp3) is 0.943. The van der Waals surface area contributed by atoms with Gasteiger partial charge in [0.2, 0.25) is 0 Å². The minimum Gasteiger partial charge on any atom is -0.462 e. The molecule has 0 amide bonds. The van der Waals surface area contributed by atoms with Crippen molar-refractivity contribution in [1.82, 2.24) is 0 Å². The summed E-state index contributed by atoms with van der Waals surface area (Å²) in [5.74, 6) is -2.13. The van der Waals surface area contributed by atoms with Crippen LogP contribution in [0.3, 0.4) is 0 Å². The summed E-state index contributed by atoms with van der Waals surface area (Å²) in [6.07, 6.45) is 52.9. The molecule has 0 aliphatic rings. The zero-order chi connectivity index (χ0) is 65.4. The number of phosphoric acid groups is 2. The number of aliphatic hydroxyl groups is 1. The van der Waals surface area contributed by atoms with Crippen LogP contribution in [0.5, 0.6) is 0 Å². The molecular formula is C70H136O17P2. The van der Waals surface area contributed by atoms with Gasteiger partial charge in [0.05, 0.1) is 26.4 Å². The molecule has 0 rings (SSSR count). The van der Waals surface area contributed by atoms with E-state index in [-0.39, 0.29) is 25.7 Å². The Bertz CT molecular complexity index is 1710. The average Bonchev–Trinajstić information content (AvgIpc) is 3.73. The summed E-state index contributed by atoms with van der Waals surface area (Å²) in [6.45, 7) is 4.89. The van der Waals surface area contributed by atoms with E-state index >= 15 is 0 Å². The largest absolute Gasteiger partial charge is 0.472 e. The van der Waals surface area contributed by atoms with E-state index in [9.17, 15) is 43.2 Å². The lowest BCUT2D eigenvalue weighted by atomic mass is 10.0. The zero-order valence-corrected chi connectivity index (χ0v) is 59.2. The molecule has 0 saturated carbocycles. The lowest BCUT2D eigenvalue weighted by Crippen LogP contribution is -2.30. The molecule has 89 heavy (non-hydrogen) atoms. The van der Waals surface area contributed by atoms with Crippen LogP contribution in [-0.4, -0.2) is 96.7 Å². The molecule has 0 spiro atoms. The Kier molecular flexibility index (Phi) is 63.3. The molecule has 0 saturated heterocycles. The molecule has 3 N–H and O–H groups in total. The first-order valence-electron chi connectivity index (χ1n) is 36.8. The van der Waals surface area contributed by atoms with Gasteiger partial charge in [0.15, 0.2) is 12.2 Å². The van der Waals surface area contributed by atoms with Crippen LogP contribution < -0.4 is 0 Å². The summed E-state index contributed by atoms with van der Waals surface area (Å²) in [4.78, 5) is 72.3. The van der Waals surface area contributed by atoms with Crippen LogP contribution in [0, 0.1) is 0 Å². The third-order valence-corrected chi connectivity index (χ3v) is 18.3. The molecule has 5 atom stereocenters. The third-order valence-electron chi connectivity index (χ3n) is 16.4. The van der Waals surface area contributed by atoms with Crippen molar-refractivity contribution in [2.45, 2.75) is 386 Å². The summed E-state index contributed by atoms with van der Waals surface area (Å²) >= 11 is 0. The monoisotopic (exact) mass is 1310 g/mol. The van der Waals surface area contributed by atoms with E-state index in [1.54, 1.807) is 0 Å². The fourth-order valence-electron chi connectivity index (χ4n) is 10.7. The molecule has 19 heteroatoms. The number of unbranched alkanes of at least 4 members (excludes halogenated alkanes) is 45. The highest BCUT2D eigenvalue weighted by Crippen LogP contribution is 2.45. The van der Waals surface area contributed by atoms with Gasteiger partial charge in [-0.2, -0.15) is 0 Å². The van der Waals surface area contributed by atoms with Crippen LogP contribution in [-0.2, 0) is 65.4 Å². The van der Waals surface area contributed by atoms with Gasteiger partial charge in [-0.05, 0) is 25.7 Å². The van der Waals surface area contributed by atoms with Crippen molar-refractivity contribution in [3.8, 4) is 0 Å². The van der Waals surface area contributed by atoms with E-state index in [4.69, 9.17) is 37.0 Å². The SMILES string of the molecule is CCCCCCCCCCCCCCCCCCCCCCC(=O)O[C@H](COC(=O)CCCCCCCCCCCCC)COP(=O)(O)OC[C@@H](O)COP(=O)(O)OC[C@@H](COC(=O)CCCCCCCCC)OC(=O)CCCCCCCCCCCCC. The highest BCUT2D eigenvalue weighted by molar-refractivity contribution is 7.47. The van der Waals surface area contributed by atoms with Crippen LogP contribution in [0.2, 0.25) is 0 Å². The lowest BCUT2D eigenvalue weighted by Gasteiger charge is -2.21. The number of hydrogen-bond donors (Lipinski definition) is 3. The van der Waals surface area contributed by atoms with Crippen LogP contribution in [0.1, 0.15) is 368 Å². The lowest BCUT2D eigenvalue weighted by molar-refractivity contribution is -0.161. The number of esters is 4. The number of phosphoric ester groups is 2. The quantitative estimate of drug-likeness (QED) is 0.0222.